The quantitative estimate of drug-likeness (QED) is 0.567. The number of rotatable bonds is 2. The molecule has 0 unspecified atom stereocenters. The van der Waals surface area contributed by atoms with E-state index in [1.807, 2.05) is 12.1 Å². The zero-order chi connectivity index (χ0) is 14.0. The first-order valence-corrected chi connectivity index (χ1v) is 7.53. The molecule has 0 saturated carbocycles. The molecule has 20 heavy (non-hydrogen) atoms. The lowest BCUT2D eigenvalue weighted by atomic mass is 10.2. The van der Waals surface area contributed by atoms with Gasteiger partial charge in [0.2, 0.25) is 0 Å². The maximum absolute atomic E-state index is 5.74. The normalized spacial score (nSPS) is 20.0. The fourth-order valence-corrected chi connectivity index (χ4v) is 2.35. The minimum atomic E-state index is 0.832. The standard InChI is InChI=1S/C15H27N5/c16-15-3-1-14(2-4-15)13-20-11-9-18-7-5-17-6-8-19-10-12-20/h1-4,17-19H,5-13,16H2. The van der Waals surface area contributed by atoms with Gasteiger partial charge in [0.1, 0.15) is 0 Å². The van der Waals surface area contributed by atoms with Crippen LogP contribution in [0.1, 0.15) is 5.56 Å². The van der Waals surface area contributed by atoms with Crippen molar-refractivity contribution in [2.75, 3.05) is 58.1 Å². The second-order valence-corrected chi connectivity index (χ2v) is 5.27. The monoisotopic (exact) mass is 277 g/mol. The predicted octanol–water partition coefficient (Wildman–Crippen LogP) is -0.147. The van der Waals surface area contributed by atoms with Gasteiger partial charge in [-0.2, -0.15) is 0 Å². The summed E-state index contributed by atoms with van der Waals surface area (Å²) >= 11 is 0. The lowest BCUT2D eigenvalue weighted by Crippen LogP contribution is -2.41. The van der Waals surface area contributed by atoms with Gasteiger partial charge in [-0.05, 0) is 17.7 Å². The largest absolute Gasteiger partial charge is 0.399 e. The van der Waals surface area contributed by atoms with Crippen LogP contribution in [0.3, 0.4) is 0 Å². The van der Waals surface area contributed by atoms with Crippen LogP contribution in [0.25, 0.3) is 0 Å². The van der Waals surface area contributed by atoms with E-state index in [1.54, 1.807) is 0 Å². The van der Waals surface area contributed by atoms with Gasteiger partial charge < -0.3 is 21.7 Å². The van der Waals surface area contributed by atoms with E-state index in [9.17, 15) is 0 Å². The molecule has 1 aromatic carbocycles. The molecule has 1 aliphatic rings. The molecule has 1 heterocycles. The van der Waals surface area contributed by atoms with E-state index in [-0.39, 0.29) is 0 Å². The maximum Gasteiger partial charge on any atom is 0.0314 e. The van der Waals surface area contributed by atoms with E-state index in [2.05, 4.69) is 33.0 Å². The Kier molecular flexibility index (Phi) is 6.80. The highest BCUT2D eigenvalue weighted by atomic mass is 15.2. The van der Waals surface area contributed by atoms with Crippen LogP contribution in [0.5, 0.6) is 0 Å². The molecule has 0 bridgehead atoms. The van der Waals surface area contributed by atoms with Gasteiger partial charge in [-0.3, -0.25) is 4.90 Å². The Morgan fingerprint density at radius 1 is 0.800 bits per heavy atom. The molecule has 0 amide bonds. The van der Waals surface area contributed by atoms with E-state index in [4.69, 9.17) is 5.73 Å². The van der Waals surface area contributed by atoms with E-state index >= 15 is 0 Å². The zero-order valence-electron chi connectivity index (χ0n) is 12.2. The number of nitrogen functional groups attached to an aromatic ring is 1. The first-order chi connectivity index (χ1) is 9.84. The minimum Gasteiger partial charge on any atom is -0.399 e. The van der Waals surface area contributed by atoms with Crippen molar-refractivity contribution in [3.05, 3.63) is 29.8 Å². The van der Waals surface area contributed by atoms with Crippen LogP contribution in [0.4, 0.5) is 5.69 Å². The molecule has 5 heteroatoms. The minimum absolute atomic E-state index is 0.832. The SMILES string of the molecule is Nc1ccc(CN2CCNCCNCCNCC2)cc1. The fraction of sp³-hybridized carbons (Fsp3) is 0.600. The first-order valence-electron chi connectivity index (χ1n) is 7.53. The molecule has 1 aliphatic heterocycles. The van der Waals surface area contributed by atoms with Crippen LogP contribution in [0.2, 0.25) is 0 Å². The third kappa shape index (κ3) is 5.88. The molecule has 0 spiro atoms. The van der Waals surface area contributed by atoms with Crippen LogP contribution in [0, 0.1) is 0 Å². The van der Waals surface area contributed by atoms with Crippen molar-refractivity contribution in [1.29, 1.82) is 0 Å². The highest BCUT2D eigenvalue weighted by Crippen LogP contribution is 2.08. The lowest BCUT2D eigenvalue weighted by Gasteiger charge is -2.23. The smallest absolute Gasteiger partial charge is 0.0314 e. The number of nitrogens with one attached hydrogen (secondary N) is 3. The zero-order valence-corrected chi connectivity index (χ0v) is 12.2. The molecule has 0 aliphatic carbocycles. The van der Waals surface area contributed by atoms with Crippen molar-refractivity contribution in [1.82, 2.24) is 20.9 Å². The Hall–Kier alpha value is -1.14. The Morgan fingerprint density at radius 2 is 1.30 bits per heavy atom. The van der Waals surface area contributed by atoms with Gasteiger partial charge in [0.05, 0.1) is 0 Å². The second kappa shape index (κ2) is 8.92. The topological polar surface area (TPSA) is 65.3 Å². The van der Waals surface area contributed by atoms with Crippen molar-refractivity contribution in [3.63, 3.8) is 0 Å². The van der Waals surface area contributed by atoms with Crippen LogP contribution >= 0.6 is 0 Å². The maximum atomic E-state index is 5.74. The Labute approximate surface area is 121 Å². The number of nitrogens with zero attached hydrogens (tertiary/aromatic N) is 1. The third-order valence-corrected chi connectivity index (χ3v) is 3.55. The first kappa shape index (κ1) is 15.3. The summed E-state index contributed by atoms with van der Waals surface area (Å²) in [6.07, 6.45) is 0. The molecular formula is C15H27N5. The van der Waals surface area contributed by atoms with E-state index in [0.717, 1.165) is 64.6 Å². The van der Waals surface area contributed by atoms with Gasteiger partial charge in [0.15, 0.2) is 0 Å². The summed E-state index contributed by atoms with van der Waals surface area (Å²) in [5, 5.41) is 10.4. The molecular weight excluding hydrogens is 250 g/mol. The molecule has 0 atom stereocenters. The molecule has 0 radical (unpaired) electrons. The number of hydrogen-bond acceptors (Lipinski definition) is 5. The predicted molar refractivity (Wildman–Crippen MR) is 84.7 cm³/mol. The van der Waals surface area contributed by atoms with Gasteiger partial charge in [0.25, 0.3) is 0 Å². The summed E-state index contributed by atoms with van der Waals surface area (Å²) in [5.74, 6) is 0. The summed E-state index contributed by atoms with van der Waals surface area (Å²) in [4.78, 5) is 2.49. The van der Waals surface area contributed by atoms with Crippen molar-refractivity contribution >= 4 is 5.69 Å². The number of nitrogens with two attached hydrogens (primary N) is 1. The molecule has 112 valence electrons. The molecule has 0 aromatic heterocycles. The number of anilines is 1. The molecule has 1 saturated heterocycles. The van der Waals surface area contributed by atoms with E-state index in [0.29, 0.717) is 0 Å². The highest BCUT2D eigenvalue weighted by molar-refractivity contribution is 5.39. The van der Waals surface area contributed by atoms with Gasteiger partial charge in [-0.1, -0.05) is 12.1 Å². The molecule has 1 aromatic rings. The molecule has 1 fully saturated rings. The van der Waals surface area contributed by atoms with Gasteiger partial charge >= 0.3 is 0 Å². The summed E-state index contributed by atoms with van der Waals surface area (Å²) in [6, 6.07) is 8.20. The second-order valence-electron chi connectivity index (χ2n) is 5.27. The van der Waals surface area contributed by atoms with Crippen molar-refractivity contribution in [2.24, 2.45) is 0 Å². The average Bonchev–Trinajstić information content (AvgIpc) is 2.44. The summed E-state index contributed by atoms with van der Waals surface area (Å²) in [6.45, 7) is 9.37. The van der Waals surface area contributed by atoms with Crippen LogP contribution in [-0.4, -0.2) is 57.3 Å². The summed E-state index contributed by atoms with van der Waals surface area (Å²) in [5.41, 5.74) is 7.89. The van der Waals surface area contributed by atoms with E-state index < -0.39 is 0 Å². The van der Waals surface area contributed by atoms with Gasteiger partial charge in [-0.15, -0.1) is 0 Å². The third-order valence-electron chi connectivity index (χ3n) is 3.55. The number of benzene rings is 1. The van der Waals surface area contributed by atoms with Crippen molar-refractivity contribution < 1.29 is 0 Å². The van der Waals surface area contributed by atoms with Gasteiger partial charge in [0, 0.05) is 64.6 Å². The fourth-order valence-electron chi connectivity index (χ4n) is 2.35. The average molecular weight is 277 g/mol. The van der Waals surface area contributed by atoms with E-state index in [1.165, 1.54) is 5.56 Å². The van der Waals surface area contributed by atoms with Crippen LogP contribution < -0.4 is 21.7 Å². The molecule has 2 rings (SSSR count). The van der Waals surface area contributed by atoms with Crippen molar-refractivity contribution in [2.45, 2.75) is 6.54 Å². The Morgan fingerprint density at radius 3 is 1.85 bits per heavy atom. The van der Waals surface area contributed by atoms with Crippen LogP contribution in [-0.2, 0) is 6.54 Å². The Balaban J connectivity index is 1.83. The van der Waals surface area contributed by atoms with Crippen LogP contribution in [0.15, 0.2) is 24.3 Å². The van der Waals surface area contributed by atoms with Crippen molar-refractivity contribution in [3.8, 4) is 0 Å². The summed E-state index contributed by atoms with van der Waals surface area (Å²) in [7, 11) is 0. The Bertz CT molecular complexity index is 353. The molecule has 5 nitrogen and oxygen atoms in total. The van der Waals surface area contributed by atoms with Gasteiger partial charge in [-0.25, -0.2) is 0 Å². The summed E-state index contributed by atoms with van der Waals surface area (Å²) < 4.78 is 0. The highest BCUT2D eigenvalue weighted by Gasteiger charge is 2.06. The number of hydrogen-bond donors (Lipinski definition) is 4. The lowest BCUT2D eigenvalue weighted by molar-refractivity contribution is 0.263. The molecule has 5 N–H and O–H groups in total.